The maximum Gasteiger partial charge on any atom is 0.343 e. The van der Waals surface area contributed by atoms with Gasteiger partial charge in [0.15, 0.2) is 11.3 Å². The molecule has 0 amide bonds. The second-order valence-corrected chi connectivity index (χ2v) is 5.57. The molecule has 2 aromatic rings. The first-order valence-corrected chi connectivity index (χ1v) is 6.83. The van der Waals surface area contributed by atoms with Crippen LogP contribution in [-0.4, -0.2) is 24.0 Å². The number of halogens is 1. The lowest BCUT2D eigenvalue weighted by molar-refractivity contribution is 0.537. The van der Waals surface area contributed by atoms with Gasteiger partial charge in [0.25, 0.3) is 10.0 Å². The molecule has 0 radical (unpaired) electrons. The Balaban J connectivity index is 2.93. The van der Waals surface area contributed by atoms with Crippen LogP contribution in [0.2, 0.25) is 0 Å². The highest BCUT2D eigenvalue weighted by molar-refractivity contribution is 7.90. The van der Waals surface area contributed by atoms with E-state index in [0.29, 0.717) is 6.20 Å². The van der Waals surface area contributed by atoms with Crippen molar-refractivity contribution in [2.75, 3.05) is 7.05 Å². The first-order valence-electron chi connectivity index (χ1n) is 6.89. The smallest absolute Gasteiger partial charge is 0.278 e. The van der Waals surface area contributed by atoms with Crippen LogP contribution in [0.1, 0.15) is 4.11 Å². The number of nitrogens with zero attached hydrogens (tertiary/aromatic N) is 3. The zero-order chi connectivity index (χ0) is 17.4. The molecule has 0 aliphatic rings. The monoisotopic (exact) mass is 300 g/mol. The summed E-state index contributed by atoms with van der Waals surface area (Å²) in [5, 5.41) is 0. The van der Waals surface area contributed by atoms with E-state index in [2.05, 4.69) is 4.99 Å². The molecule has 1 heterocycles. The van der Waals surface area contributed by atoms with Crippen molar-refractivity contribution in [3.05, 3.63) is 58.3 Å². The quantitative estimate of drug-likeness (QED) is 0.789. The zero-order valence-corrected chi connectivity index (χ0v) is 11.1. The average molecular weight is 300 g/mol. The summed E-state index contributed by atoms with van der Waals surface area (Å²) in [7, 11) is -3.35. The van der Waals surface area contributed by atoms with Crippen LogP contribution in [0, 0.1) is 5.82 Å². The van der Waals surface area contributed by atoms with Gasteiger partial charge in [-0.15, -0.1) is 0 Å². The highest BCUT2D eigenvalue weighted by Gasteiger charge is 2.20. The molecule has 106 valence electrons. The zero-order valence-electron chi connectivity index (χ0n) is 13.3. The summed E-state index contributed by atoms with van der Waals surface area (Å²) in [6, 6.07) is 6.81. The Morgan fingerprint density at radius 3 is 2.50 bits per heavy atom. The minimum atomic E-state index is -4.45. The van der Waals surface area contributed by atoms with Crippen molar-refractivity contribution in [3.63, 3.8) is 0 Å². The Labute approximate surface area is 118 Å². The highest BCUT2D eigenvalue weighted by Crippen LogP contribution is 2.10. The van der Waals surface area contributed by atoms with Gasteiger partial charge in [-0.1, -0.05) is 18.2 Å². The van der Waals surface area contributed by atoms with Crippen molar-refractivity contribution < 1.29 is 16.9 Å². The largest absolute Gasteiger partial charge is 0.343 e. The van der Waals surface area contributed by atoms with Gasteiger partial charge in [-0.2, -0.15) is 3.97 Å². The van der Waals surface area contributed by atoms with Crippen LogP contribution in [0.15, 0.2) is 51.2 Å². The Morgan fingerprint density at radius 1 is 1.30 bits per heavy atom. The lowest BCUT2D eigenvalue weighted by Gasteiger charge is -2.09. The first-order chi connectivity index (χ1) is 10.6. The van der Waals surface area contributed by atoms with Gasteiger partial charge in [-0.25, -0.2) is 17.6 Å². The van der Waals surface area contributed by atoms with Crippen molar-refractivity contribution in [1.29, 1.82) is 0 Å². The molecule has 0 saturated carbocycles. The van der Waals surface area contributed by atoms with Crippen LogP contribution < -0.4 is 11.2 Å². The molecule has 0 aliphatic heterocycles. The lowest BCUT2D eigenvalue weighted by atomic mass is 10.4. The number of hydrogen-bond acceptors (Lipinski definition) is 4. The molecule has 0 bridgehead atoms. The van der Waals surface area contributed by atoms with Crippen LogP contribution in [-0.2, 0) is 17.0 Å². The van der Waals surface area contributed by atoms with Crippen LogP contribution in [0.25, 0.3) is 0 Å². The minimum absolute atomic E-state index is 0.0306. The average Bonchev–Trinajstić information content (AvgIpc) is 2.48. The molecule has 8 heteroatoms. The van der Waals surface area contributed by atoms with Gasteiger partial charge in [0.05, 0.1) is 11.1 Å². The summed E-state index contributed by atoms with van der Waals surface area (Å²) in [6.07, 6.45) is 0.412. The van der Waals surface area contributed by atoms with Crippen molar-refractivity contribution >= 4 is 10.0 Å². The van der Waals surface area contributed by atoms with Gasteiger partial charge in [-0.3, -0.25) is 9.56 Å². The number of aromatic nitrogens is 2. The van der Waals surface area contributed by atoms with E-state index >= 15 is 0 Å². The van der Waals surface area contributed by atoms with Crippen molar-refractivity contribution in [1.82, 2.24) is 8.54 Å². The van der Waals surface area contributed by atoms with E-state index in [9.17, 15) is 17.6 Å². The van der Waals surface area contributed by atoms with Crippen LogP contribution in [0.5, 0.6) is 0 Å². The summed E-state index contributed by atoms with van der Waals surface area (Å²) in [5.74, 6) is -1.25. The number of benzene rings is 1. The molecule has 0 fully saturated rings. The van der Waals surface area contributed by atoms with Crippen molar-refractivity contribution in [2.24, 2.45) is 12.0 Å². The topological polar surface area (TPSA) is 73.4 Å². The van der Waals surface area contributed by atoms with Gasteiger partial charge in [0.2, 0.25) is 0 Å². The third kappa shape index (κ3) is 2.18. The Kier molecular flexibility index (Phi) is 2.66. The predicted molar refractivity (Wildman–Crippen MR) is 70.1 cm³/mol. The maximum atomic E-state index is 14.1. The highest BCUT2D eigenvalue weighted by atomic mass is 32.2. The van der Waals surface area contributed by atoms with Gasteiger partial charge >= 0.3 is 5.69 Å². The molecule has 0 spiro atoms. The van der Waals surface area contributed by atoms with Gasteiger partial charge in [0, 0.05) is 18.1 Å². The lowest BCUT2D eigenvalue weighted by Crippen LogP contribution is -2.42. The summed E-state index contributed by atoms with van der Waals surface area (Å²) in [4.78, 5) is 15.5. The molecule has 0 saturated heterocycles. The molecule has 0 N–H and O–H groups in total. The van der Waals surface area contributed by atoms with Crippen LogP contribution in [0.4, 0.5) is 4.39 Å². The van der Waals surface area contributed by atoms with Crippen LogP contribution >= 0.6 is 0 Å². The van der Waals surface area contributed by atoms with E-state index in [1.165, 1.54) is 24.3 Å². The van der Waals surface area contributed by atoms with E-state index in [-0.39, 0.29) is 13.4 Å². The fourth-order valence-corrected chi connectivity index (χ4v) is 2.84. The summed E-state index contributed by atoms with van der Waals surface area (Å²) in [6.45, 7) is -3.10. The van der Waals surface area contributed by atoms with Gasteiger partial charge in [0.1, 0.15) is 0 Å². The van der Waals surface area contributed by atoms with Crippen molar-refractivity contribution in [3.8, 4) is 0 Å². The van der Waals surface area contributed by atoms with Crippen molar-refractivity contribution in [2.45, 2.75) is 4.90 Å². The molecular formula is C12H12FN3O3S. The molecule has 0 aliphatic carbocycles. The number of hydrogen-bond donors (Lipinski definition) is 0. The summed E-state index contributed by atoms with van der Waals surface area (Å²) >= 11 is 0. The fourth-order valence-electron chi connectivity index (χ4n) is 1.60. The number of rotatable bonds is 2. The summed E-state index contributed by atoms with van der Waals surface area (Å²) < 4.78 is 61.0. The second-order valence-electron chi connectivity index (χ2n) is 3.76. The summed E-state index contributed by atoms with van der Waals surface area (Å²) in [5.41, 5.74) is -2.19. The third-order valence-corrected chi connectivity index (χ3v) is 4.20. The predicted octanol–water partition coefficient (Wildman–Crippen LogP) is 0.0934. The molecular weight excluding hydrogens is 285 g/mol. The van der Waals surface area contributed by atoms with Crippen LogP contribution in [0.3, 0.4) is 0 Å². The molecule has 0 atom stereocenters. The Morgan fingerprint density at radius 2 is 1.95 bits per heavy atom. The molecule has 1 aromatic carbocycles. The molecule has 2 rings (SSSR count). The molecule has 1 aromatic heterocycles. The van der Waals surface area contributed by atoms with E-state index in [1.807, 2.05) is 0 Å². The van der Waals surface area contributed by atoms with E-state index in [4.69, 9.17) is 4.11 Å². The van der Waals surface area contributed by atoms with Gasteiger partial charge in [-0.05, 0) is 12.1 Å². The third-order valence-electron chi connectivity index (χ3n) is 2.55. The normalized spacial score (nSPS) is 15.5. The first kappa shape index (κ1) is 10.6. The van der Waals surface area contributed by atoms with E-state index < -0.39 is 34.0 Å². The molecule has 0 unspecified atom stereocenters. The van der Waals surface area contributed by atoms with E-state index in [0.717, 1.165) is 7.05 Å². The standard InChI is InChI=1S/C12H12FN3O3S/c1-14-11-10(13)8-16(12(17)15(11)2)20(18,19)9-6-4-3-5-7-9/h3-8H,1-2H3/b14-11+/i2D3. The maximum absolute atomic E-state index is 14.1. The molecule has 6 nitrogen and oxygen atoms in total. The Bertz CT molecular complexity index is 963. The van der Waals surface area contributed by atoms with E-state index in [1.54, 1.807) is 6.07 Å². The Hall–Kier alpha value is -2.22. The minimum Gasteiger partial charge on any atom is -0.278 e. The molecule has 20 heavy (non-hydrogen) atoms. The SMILES string of the molecule is [2H]C([2H])([2H])n1c(=O)n(S(=O)(=O)c2ccccc2)cc(F)/c1=N\C. The fraction of sp³-hybridized carbons (Fsp3) is 0.167. The second kappa shape index (κ2) is 5.04. The van der Waals surface area contributed by atoms with Gasteiger partial charge < -0.3 is 0 Å².